The highest BCUT2D eigenvalue weighted by atomic mass is 16.2. The minimum atomic E-state index is -0.688. The normalized spacial score (nSPS) is 19.1. The van der Waals surface area contributed by atoms with E-state index in [2.05, 4.69) is 10.6 Å². The van der Waals surface area contributed by atoms with Crippen LogP contribution in [0.4, 0.5) is 5.69 Å². The number of hydrogen-bond donors (Lipinski definition) is 2. The van der Waals surface area contributed by atoms with Gasteiger partial charge in [0, 0.05) is 18.7 Å². The van der Waals surface area contributed by atoms with Gasteiger partial charge in [-0.2, -0.15) is 0 Å². The van der Waals surface area contributed by atoms with Crippen molar-refractivity contribution in [3.05, 3.63) is 65.7 Å². The molecule has 0 saturated carbocycles. The highest BCUT2D eigenvalue weighted by molar-refractivity contribution is 6.03. The van der Waals surface area contributed by atoms with Crippen LogP contribution < -0.4 is 10.6 Å². The van der Waals surface area contributed by atoms with Gasteiger partial charge < -0.3 is 5.32 Å². The topological polar surface area (TPSA) is 78.5 Å². The van der Waals surface area contributed by atoms with Crippen LogP contribution in [0.1, 0.15) is 37.3 Å². The Labute approximate surface area is 171 Å². The van der Waals surface area contributed by atoms with Crippen molar-refractivity contribution in [3.8, 4) is 0 Å². The summed E-state index contributed by atoms with van der Waals surface area (Å²) in [5, 5.41) is 5.36. The van der Waals surface area contributed by atoms with Crippen LogP contribution in [-0.2, 0) is 26.3 Å². The fraction of sp³-hybridized carbons (Fsp3) is 0.348. The fourth-order valence-corrected chi connectivity index (χ4v) is 3.84. The minimum absolute atomic E-state index is 0.0950. The molecule has 1 atom stereocenters. The minimum Gasteiger partial charge on any atom is -0.325 e. The number of carbonyl (C=O) groups is 3. The Hall–Kier alpha value is -2.99. The Morgan fingerprint density at radius 1 is 1.10 bits per heavy atom. The second-order valence-corrected chi connectivity index (χ2v) is 7.60. The Balaban J connectivity index is 1.60. The average Bonchev–Trinajstić information content (AvgIpc) is 2.70. The van der Waals surface area contributed by atoms with Crippen LogP contribution in [-0.4, -0.2) is 36.2 Å². The van der Waals surface area contributed by atoms with E-state index < -0.39 is 5.41 Å². The molecule has 3 rings (SSSR count). The first-order valence-electron chi connectivity index (χ1n) is 9.90. The van der Waals surface area contributed by atoms with Crippen molar-refractivity contribution in [1.29, 1.82) is 0 Å². The molecular weight excluding hydrogens is 366 g/mol. The summed E-state index contributed by atoms with van der Waals surface area (Å²) < 4.78 is 0. The van der Waals surface area contributed by atoms with Crippen LogP contribution in [0.3, 0.4) is 0 Å². The fourth-order valence-electron chi connectivity index (χ4n) is 3.84. The van der Waals surface area contributed by atoms with E-state index in [0.29, 0.717) is 31.5 Å². The number of amides is 3. The van der Waals surface area contributed by atoms with Gasteiger partial charge in [-0.15, -0.1) is 0 Å². The van der Waals surface area contributed by atoms with E-state index in [1.165, 1.54) is 0 Å². The third kappa shape index (κ3) is 4.90. The van der Waals surface area contributed by atoms with Crippen molar-refractivity contribution in [2.24, 2.45) is 0 Å². The summed E-state index contributed by atoms with van der Waals surface area (Å²) in [4.78, 5) is 38.3. The third-order valence-corrected chi connectivity index (χ3v) is 5.50. The van der Waals surface area contributed by atoms with Gasteiger partial charge in [-0.1, -0.05) is 49.4 Å². The summed E-state index contributed by atoms with van der Waals surface area (Å²) in [6.07, 6.45) is 1.46. The molecular formula is C23H27N3O3. The first-order valence-corrected chi connectivity index (χ1v) is 9.90. The summed E-state index contributed by atoms with van der Waals surface area (Å²) in [7, 11) is 1.91. The maximum Gasteiger partial charge on any atom is 0.238 e. The number of hydrogen-bond acceptors (Lipinski definition) is 4. The number of rotatable bonds is 7. The molecule has 0 spiro atoms. The molecule has 0 radical (unpaired) electrons. The molecule has 0 bridgehead atoms. The lowest BCUT2D eigenvalue weighted by atomic mass is 9.72. The van der Waals surface area contributed by atoms with Crippen LogP contribution in [0.15, 0.2) is 54.6 Å². The molecule has 0 aromatic heterocycles. The van der Waals surface area contributed by atoms with Gasteiger partial charge in [0.15, 0.2) is 0 Å². The highest BCUT2D eigenvalue weighted by Crippen LogP contribution is 2.36. The first kappa shape index (κ1) is 20.7. The second kappa shape index (κ2) is 9.01. The molecule has 0 aliphatic carbocycles. The van der Waals surface area contributed by atoms with Crippen LogP contribution in [0, 0.1) is 0 Å². The van der Waals surface area contributed by atoms with E-state index >= 15 is 0 Å². The van der Waals surface area contributed by atoms with Crippen LogP contribution in [0.5, 0.6) is 0 Å². The molecule has 1 aliphatic heterocycles. The average molecular weight is 393 g/mol. The maximum atomic E-state index is 12.5. The molecule has 1 heterocycles. The Morgan fingerprint density at radius 3 is 2.41 bits per heavy atom. The zero-order chi connectivity index (χ0) is 20.9. The van der Waals surface area contributed by atoms with Gasteiger partial charge in [-0.3, -0.25) is 24.6 Å². The molecule has 1 saturated heterocycles. The molecule has 1 fully saturated rings. The van der Waals surface area contributed by atoms with Gasteiger partial charge in [-0.05, 0) is 43.1 Å². The molecule has 1 aliphatic rings. The van der Waals surface area contributed by atoms with Gasteiger partial charge in [-0.25, -0.2) is 0 Å². The lowest BCUT2D eigenvalue weighted by molar-refractivity contribution is -0.138. The molecule has 1 unspecified atom stereocenters. The van der Waals surface area contributed by atoms with Crippen LogP contribution >= 0.6 is 0 Å². The predicted octanol–water partition coefficient (Wildman–Crippen LogP) is 2.84. The summed E-state index contributed by atoms with van der Waals surface area (Å²) in [5.74, 6) is -0.555. The molecule has 6 nitrogen and oxygen atoms in total. The standard InChI is InChI=1S/C23H27N3O3/c1-3-23(14-13-20(27)25-22(23)29)18-9-11-19(12-10-18)24-21(28)16-26(2)15-17-7-5-4-6-8-17/h4-12H,3,13-16H2,1-2H3,(H,24,28)(H,25,27,29). The maximum absolute atomic E-state index is 12.5. The molecule has 2 aromatic carbocycles. The number of piperidine rings is 1. The van der Waals surface area contributed by atoms with Gasteiger partial charge in [0.2, 0.25) is 17.7 Å². The monoisotopic (exact) mass is 393 g/mol. The molecule has 29 heavy (non-hydrogen) atoms. The molecule has 3 amide bonds. The van der Waals surface area contributed by atoms with Crippen LogP contribution in [0.2, 0.25) is 0 Å². The number of likely N-dealkylation sites (N-methyl/N-ethyl adjacent to an activating group) is 1. The van der Waals surface area contributed by atoms with E-state index in [0.717, 1.165) is 11.1 Å². The van der Waals surface area contributed by atoms with Crippen molar-refractivity contribution in [2.45, 2.75) is 38.1 Å². The summed E-state index contributed by atoms with van der Waals surface area (Å²) >= 11 is 0. The zero-order valence-corrected chi connectivity index (χ0v) is 16.9. The first-order chi connectivity index (χ1) is 13.9. The van der Waals surface area contributed by atoms with E-state index in [1.54, 1.807) is 0 Å². The van der Waals surface area contributed by atoms with Gasteiger partial charge in [0.1, 0.15) is 0 Å². The largest absolute Gasteiger partial charge is 0.325 e. The summed E-state index contributed by atoms with van der Waals surface area (Å²) in [6.45, 7) is 2.92. The molecule has 2 aromatic rings. The summed E-state index contributed by atoms with van der Waals surface area (Å²) in [6, 6.07) is 17.4. The Kier molecular flexibility index (Phi) is 6.44. The molecule has 6 heteroatoms. The summed E-state index contributed by atoms with van der Waals surface area (Å²) in [5.41, 5.74) is 2.02. The van der Waals surface area contributed by atoms with Crippen LogP contribution in [0.25, 0.3) is 0 Å². The number of carbonyl (C=O) groups excluding carboxylic acids is 3. The molecule has 152 valence electrons. The van der Waals surface area contributed by atoms with Crippen molar-refractivity contribution in [3.63, 3.8) is 0 Å². The predicted molar refractivity (Wildman–Crippen MR) is 112 cm³/mol. The number of nitrogens with zero attached hydrogens (tertiary/aromatic N) is 1. The van der Waals surface area contributed by atoms with Crippen molar-refractivity contribution in [2.75, 3.05) is 18.9 Å². The number of imide groups is 1. The number of nitrogens with one attached hydrogen (secondary N) is 2. The number of benzene rings is 2. The van der Waals surface area contributed by atoms with E-state index in [1.807, 2.05) is 73.5 Å². The van der Waals surface area contributed by atoms with E-state index in [9.17, 15) is 14.4 Å². The zero-order valence-electron chi connectivity index (χ0n) is 16.9. The quantitative estimate of drug-likeness (QED) is 0.709. The van der Waals surface area contributed by atoms with Crippen molar-refractivity contribution in [1.82, 2.24) is 10.2 Å². The SMILES string of the molecule is CCC1(c2ccc(NC(=O)CN(C)Cc3ccccc3)cc2)CCC(=O)NC1=O. The number of anilines is 1. The Bertz CT molecular complexity index is 880. The second-order valence-electron chi connectivity index (χ2n) is 7.60. The van der Waals surface area contributed by atoms with Crippen molar-refractivity contribution >= 4 is 23.4 Å². The Morgan fingerprint density at radius 2 is 1.79 bits per heavy atom. The lowest BCUT2D eigenvalue weighted by Gasteiger charge is -2.35. The van der Waals surface area contributed by atoms with Gasteiger partial charge in [0.25, 0.3) is 0 Å². The van der Waals surface area contributed by atoms with E-state index in [-0.39, 0.29) is 24.3 Å². The van der Waals surface area contributed by atoms with Gasteiger partial charge >= 0.3 is 0 Å². The lowest BCUT2D eigenvalue weighted by Crippen LogP contribution is -2.51. The third-order valence-electron chi connectivity index (χ3n) is 5.50. The highest BCUT2D eigenvalue weighted by Gasteiger charge is 2.42. The van der Waals surface area contributed by atoms with Crippen molar-refractivity contribution < 1.29 is 14.4 Å². The van der Waals surface area contributed by atoms with Gasteiger partial charge in [0.05, 0.1) is 12.0 Å². The van der Waals surface area contributed by atoms with E-state index in [4.69, 9.17) is 0 Å². The molecule has 2 N–H and O–H groups in total. The smallest absolute Gasteiger partial charge is 0.238 e.